The summed E-state index contributed by atoms with van der Waals surface area (Å²) in [4.78, 5) is 4.47. The van der Waals surface area contributed by atoms with Crippen LogP contribution in [0.1, 0.15) is 0 Å². The molecular formula is C2H6ClNO. The molecule has 1 N–H and O–H groups in total. The van der Waals surface area contributed by atoms with Crippen molar-refractivity contribution < 1.29 is 4.84 Å². The third-order valence-corrected chi connectivity index (χ3v) is 0.408. The molecule has 32 valence electrons. The maximum absolute atomic E-state index is 4.47. The van der Waals surface area contributed by atoms with Crippen LogP contribution in [0.2, 0.25) is 0 Å². The van der Waals surface area contributed by atoms with E-state index in [1.54, 1.807) is 0 Å². The highest BCUT2D eigenvalue weighted by Crippen LogP contribution is 1.73. The molecule has 0 amide bonds. The Hall–Kier alpha value is 0.210. The molecule has 1 aliphatic heterocycles. The molecule has 0 radical (unpaired) electrons. The molecule has 0 bridgehead atoms. The summed E-state index contributed by atoms with van der Waals surface area (Å²) in [6, 6.07) is 0. The Balaban J connectivity index is 0.000000160. The van der Waals surface area contributed by atoms with Crippen molar-refractivity contribution in [2.75, 3.05) is 13.2 Å². The second-order valence-corrected chi connectivity index (χ2v) is 0.743. The Morgan fingerprint density at radius 2 is 1.80 bits per heavy atom. The summed E-state index contributed by atoms with van der Waals surface area (Å²) in [5.74, 6) is 0. The van der Waals surface area contributed by atoms with Gasteiger partial charge in [0.2, 0.25) is 0 Å². The van der Waals surface area contributed by atoms with Gasteiger partial charge in [-0.2, -0.15) is 0 Å². The zero-order valence-electron chi connectivity index (χ0n) is 2.73. The standard InChI is InChI=1S/C2H5NO.ClH/c1-2-4-3-1;/h3H,1-2H2;1H. The van der Waals surface area contributed by atoms with E-state index in [0.29, 0.717) is 0 Å². The smallest absolute Gasteiger partial charge is 0.0830 e. The summed E-state index contributed by atoms with van der Waals surface area (Å²) >= 11 is 0. The van der Waals surface area contributed by atoms with E-state index in [1.165, 1.54) is 0 Å². The number of hydroxylamine groups is 1. The third-order valence-electron chi connectivity index (χ3n) is 0.408. The lowest BCUT2D eigenvalue weighted by atomic mass is 10.7. The van der Waals surface area contributed by atoms with E-state index in [1.807, 2.05) is 0 Å². The van der Waals surface area contributed by atoms with Gasteiger partial charge in [-0.25, -0.2) is 5.48 Å². The van der Waals surface area contributed by atoms with Crippen molar-refractivity contribution in [1.29, 1.82) is 0 Å². The Morgan fingerprint density at radius 3 is 1.80 bits per heavy atom. The first kappa shape index (κ1) is 5.21. The van der Waals surface area contributed by atoms with Crippen LogP contribution in [0.5, 0.6) is 0 Å². The second-order valence-electron chi connectivity index (χ2n) is 0.743. The molecule has 3 heteroatoms. The van der Waals surface area contributed by atoms with Gasteiger partial charge in [-0.15, -0.1) is 12.4 Å². The quantitative estimate of drug-likeness (QED) is 0.455. The van der Waals surface area contributed by atoms with Crippen LogP contribution in [0.4, 0.5) is 0 Å². The van der Waals surface area contributed by atoms with E-state index in [9.17, 15) is 0 Å². The minimum absolute atomic E-state index is 0. The van der Waals surface area contributed by atoms with E-state index in [-0.39, 0.29) is 12.4 Å². The number of hydrogen-bond donors (Lipinski definition) is 1. The highest BCUT2D eigenvalue weighted by molar-refractivity contribution is 5.85. The van der Waals surface area contributed by atoms with Crippen molar-refractivity contribution in [1.82, 2.24) is 5.48 Å². The molecule has 1 aliphatic rings. The van der Waals surface area contributed by atoms with Crippen molar-refractivity contribution in [3.05, 3.63) is 0 Å². The predicted molar refractivity (Wildman–Crippen MR) is 21.2 cm³/mol. The maximum atomic E-state index is 4.47. The van der Waals surface area contributed by atoms with Crippen LogP contribution in [0.3, 0.4) is 0 Å². The van der Waals surface area contributed by atoms with Gasteiger partial charge in [0.15, 0.2) is 0 Å². The lowest BCUT2D eigenvalue weighted by Gasteiger charge is -2.10. The first-order valence-corrected chi connectivity index (χ1v) is 1.35. The highest BCUT2D eigenvalue weighted by atomic mass is 35.5. The molecule has 0 saturated carbocycles. The van der Waals surface area contributed by atoms with Crippen LogP contribution < -0.4 is 5.48 Å². The fourth-order valence-corrected chi connectivity index (χ4v) is 0.102. The molecule has 1 heterocycles. The highest BCUT2D eigenvalue weighted by Gasteiger charge is 1.92. The van der Waals surface area contributed by atoms with Gasteiger partial charge in [0.25, 0.3) is 0 Å². The Bertz CT molecular complexity index is 17.6. The molecule has 5 heavy (non-hydrogen) atoms. The molecule has 1 fully saturated rings. The topological polar surface area (TPSA) is 21.3 Å². The molecule has 1 saturated heterocycles. The molecule has 0 spiro atoms. The average Bonchev–Trinajstić information content (AvgIpc) is 0.722. The van der Waals surface area contributed by atoms with E-state index < -0.39 is 0 Å². The van der Waals surface area contributed by atoms with Gasteiger partial charge in [0.05, 0.1) is 6.61 Å². The van der Waals surface area contributed by atoms with Crippen LogP contribution in [-0.4, -0.2) is 13.2 Å². The molecule has 0 unspecified atom stereocenters. The Kier molecular flexibility index (Phi) is 2.55. The van der Waals surface area contributed by atoms with Crippen LogP contribution in [0, 0.1) is 0 Å². The van der Waals surface area contributed by atoms with Gasteiger partial charge < -0.3 is 4.84 Å². The normalized spacial score (nSPS) is 19.2. The molecular weight excluding hydrogens is 89.5 g/mol. The van der Waals surface area contributed by atoms with Crippen LogP contribution in [0.15, 0.2) is 0 Å². The summed E-state index contributed by atoms with van der Waals surface area (Å²) < 4.78 is 0. The Morgan fingerprint density at radius 1 is 1.60 bits per heavy atom. The summed E-state index contributed by atoms with van der Waals surface area (Å²) in [6.45, 7) is 1.92. The van der Waals surface area contributed by atoms with E-state index in [4.69, 9.17) is 0 Å². The number of nitrogens with one attached hydrogen (secondary N) is 1. The van der Waals surface area contributed by atoms with Crippen LogP contribution in [-0.2, 0) is 4.84 Å². The van der Waals surface area contributed by atoms with Crippen molar-refractivity contribution in [2.24, 2.45) is 0 Å². The average molecular weight is 95.5 g/mol. The van der Waals surface area contributed by atoms with E-state index in [0.717, 1.165) is 13.2 Å². The van der Waals surface area contributed by atoms with Crippen molar-refractivity contribution in [2.45, 2.75) is 0 Å². The van der Waals surface area contributed by atoms with Crippen molar-refractivity contribution in [3.8, 4) is 0 Å². The zero-order valence-corrected chi connectivity index (χ0v) is 3.55. The van der Waals surface area contributed by atoms with Gasteiger partial charge in [0.1, 0.15) is 0 Å². The fraction of sp³-hybridized carbons (Fsp3) is 1.00. The third kappa shape index (κ3) is 1.16. The molecule has 2 nitrogen and oxygen atoms in total. The largest absolute Gasteiger partial charge is 0.300 e. The number of hydrogen-bond acceptors (Lipinski definition) is 2. The first-order chi connectivity index (χ1) is 2.00. The predicted octanol–water partition coefficient (Wildman–Crippen LogP) is -0.0570. The van der Waals surface area contributed by atoms with Gasteiger partial charge in [0, 0.05) is 6.54 Å². The van der Waals surface area contributed by atoms with Gasteiger partial charge in [-0.3, -0.25) is 0 Å². The first-order valence-electron chi connectivity index (χ1n) is 1.35. The minimum atomic E-state index is 0. The molecule has 0 atom stereocenters. The number of halogens is 1. The van der Waals surface area contributed by atoms with Gasteiger partial charge >= 0.3 is 0 Å². The van der Waals surface area contributed by atoms with Crippen molar-refractivity contribution in [3.63, 3.8) is 0 Å². The lowest BCUT2D eigenvalue weighted by molar-refractivity contribution is -0.0478. The van der Waals surface area contributed by atoms with Gasteiger partial charge in [-0.05, 0) is 0 Å². The lowest BCUT2D eigenvalue weighted by Crippen LogP contribution is -2.32. The van der Waals surface area contributed by atoms with Crippen molar-refractivity contribution >= 4 is 12.4 Å². The minimum Gasteiger partial charge on any atom is -0.300 e. The second kappa shape index (κ2) is 2.45. The number of rotatable bonds is 0. The Labute approximate surface area is 36.9 Å². The molecule has 1 rings (SSSR count). The van der Waals surface area contributed by atoms with Crippen LogP contribution in [0.25, 0.3) is 0 Å². The molecule has 0 aliphatic carbocycles. The summed E-state index contributed by atoms with van der Waals surface area (Å²) in [5, 5.41) is 0. The van der Waals surface area contributed by atoms with E-state index in [2.05, 4.69) is 10.3 Å². The maximum Gasteiger partial charge on any atom is 0.0830 e. The summed E-state index contributed by atoms with van der Waals surface area (Å²) in [6.07, 6.45) is 0. The monoisotopic (exact) mass is 95.0 g/mol. The molecule has 0 aromatic rings. The van der Waals surface area contributed by atoms with Gasteiger partial charge in [-0.1, -0.05) is 0 Å². The summed E-state index contributed by atoms with van der Waals surface area (Å²) in [5.41, 5.74) is 2.61. The summed E-state index contributed by atoms with van der Waals surface area (Å²) in [7, 11) is 0. The molecule has 0 aromatic heterocycles. The van der Waals surface area contributed by atoms with E-state index >= 15 is 0 Å². The van der Waals surface area contributed by atoms with Crippen LogP contribution >= 0.6 is 12.4 Å². The fourth-order valence-electron chi connectivity index (χ4n) is 0.102. The molecule has 0 aromatic carbocycles. The zero-order chi connectivity index (χ0) is 2.83. The SMILES string of the molecule is C1CON1.Cl.